The Labute approximate surface area is 132 Å². The molecule has 2 saturated heterocycles. The molecule has 0 saturated carbocycles. The van der Waals surface area contributed by atoms with Crippen molar-refractivity contribution in [2.24, 2.45) is 0 Å². The molecule has 0 radical (unpaired) electrons. The van der Waals surface area contributed by atoms with Crippen LogP contribution in [0.4, 0.5) is 0 Å². The summed E-state index contributed by atoms with van der Waals surface area (Å²) < 4.78 is 2.26. The molecule has 2 aliphatic rings. The number of piperidine rings is 1. The molecule has 1 aromatic rings. The third-order valence-corrected chi connectivity index (χ3v) is 5.11. The van der Waals surface area contributed by atoms with E-state index in [0.717, 1.165) is 17.3 Å². The van der Waals surface area contributed by atoms with Crippen molar-refractivity contribution in [3.05, 3.63) is 33.2 Å². The molecule has 1 N–H and O–H groups in total. The quantitative estimate of drug-likeness (QED) is 0.892. The molecule has 1 amide bonds. The van der Waals surface area contributed by atoms with Gasteiger partial charge in [-0.15, -0.1) is 0 Å². The second-order valence-electron chi connectivity index (χ2n) is 6.08. The molecule has 5 nitrogen and oxygen atoms in total. The number of carbonyl (C=O) groups excluding carboxylic acids is 1. The van der Waals surface area contributed by atoms with Crippen LogP contribution in [0, 0.1) is 0 Å². The fourth-order valence-corrected chi connectivity index (χ4v) is 3.81. The predicted octanol–water partition coefficient (Wildman–Crippen LogP) is 1.35. The van der Waals surface area contributed by atoms with Gasteiger partial charge in [0.2, 0.25) is 5.91 Å². The van der Waals surface area contributed by atoms with Crippen LogP contribution >= 0.6 is 15.9 Å². The van der Waals surface area contributed by atoms with Crippen LogP contribution in [0.25, 0.3) is 0 Å². The highest BCUT2D eigenvalue weighted by atomic mass is 79.9. The van der Waals surface area contributed by atoms with E-state index in [0.29, 0.717) is 18.1 Å². The third kappa shape index (κ3) is 3.21. The average Bonchev–Trinajstić information content (AvgIpc) is 2.80. The van der Waals surface area contributed by atoms with Crippen molar-refractivity contribution in [1.82, 2.24) is 14.8 Å². The Morgan fingerprint density at radius 3 is 2.71 bits per heavy atom. The summed E-state index contributed by atoms with van der Waals surface area (Å²) in [7, 11) is 1.86. The number of rotatable bonds is 3. The van der Waals surface area contributed by atoms with Crippen LogP contribution in [0.3, 0.4) is 0 Å². The lowest BCUT2D eigenvalue weighted by Crippen LogP contribution is -2.49. The lowest BCUT2D eigenvalue weighted by molar-refractivity contribution is -0.133. The van der Waals surface area contributed by atoms with Crippen LogP contribution in [0.2, 0.25) is 0 Å². The molecule has 2 bridgehead atoms. The zero-order chi connectivity index (χ0) is 15.0. The van der Waals surface area contributed by atoms with Crippen molar-refractivity contribution in [2.75, 3.05) is 7.05 Å². The van der Waals surface area contributed by atoms with Gasteiger partial charge in [0.05, 0.1) is 0 Å². The van der Waals surface area contributed by atoms with Gasteiger partial charge < -0.3 is 14.8 Å². The van der Waals surface area contributed by atoms with Crippen molar-refractivity contribution >= 4 is 21.8 Å². The first-order valence-electron chi connectivity index (χ1n) is 7.40. The number of aromatic nitrogens is 1. The molecule has 21 heavy (non-hydrogen) atoms. The highest BCUT2D eigenvalue weighted by Gasteiger charge is 2.36. The number of carbonyl (C=O) groups is 1. The number of halogens is 1. The minimum Gasteiger partial charge on any atom is -0.341 e. The fraction of sp³-hybridized carbons (Fsp3) is 0.600. The highest BCUT2D eigenvalue weighted by Crippen LogP contribution is 2.29. The number of nitrogens with zero attached hydrogens (tertiary/aromatic N) is 2. The summed E-state index contributed by atoms with van der Waals surface area (Å²) in [6.07, 6.45) is 6.14. The van der Waals surface area contributed by atoms with Gasteiger partial charge in [-0.1, -0.05) is 0 Å². The number of amides is 1. The molecule has 3 heterocycles. The van der Waals surface area contributed by atoms with Crippen LogP contribution in [0.15, 0.2) is 27.6 Å². The summed E-state index contributed by atoms with van der Waals surface area (Å²) >= 11 is 3.33. The smallest absolute Gasteiger partial charge is 0.251 e. The van der Waals surface area contributed by atoms with E-state index in [4.69, 9.17) is 0 Å². The van der Waals surface area contributed by atoms with Gasteiger partial charge in [-0.3, -0.25) is 9.59 Å². The molecule has 6 heteroatoms. The number of hydrogen-bond donors (Lipinski definition) is 1. The van der Waals surface area contributed by atoms with E-state index in [9.17, 15) is 9.59 Å². The topological polar surface area (TPSA) is 54.3 Å². The second kappa shape index (κ2) is 5.93. The van der Waals surface area contributed by atoms with E-state index < -0.39 is 0 Å². The molecular weight excluding hydrogens is 334 g/mol. The first kappa shape index (κ1) is 14.8. The molecule has 0 aliphatic carbocycles. The molecule has 0 spiro atoms. The van der Waals surface area contributed by atoms with Gasteiger partial charge in [-0.2, -0.15) is 0 Å². The zero-order valence-electron chi connectivity index (χ0n) is 12.1. The number of pyridine rings is 1. The molecule has 114 valence electrons. The highest BCUT2D eigenvalue weighted by molar-refractivity contribution is 9.10. The zero-order valence-corrected chi connectivity index (χ0v) is 13.7. The lowest BCUT2D eigenvalue weighted by Gasteiger charge is -2.35. The minimum absolute atomic E-state index is 0.00139. The van der Waals surface area contributed by atoms with Gasteiger partial charge in [-0.25, -0.2) is 0 Å². The van der Waals surface area contributed by atoms with Gasteiger partial charge in [0.1, 0.15) is 6.54 Å². The van der Waals surface area contributed by atoms with Gasteiger partial charge in [0, 0.05) is 41.9 Å². The summed E-state index contributed by atoms with van der Waals surface area (Å²) in [6, 6.07) is 4.56. The Kier molecular flexibility index (Phi) is 4.17. The van der Waals surface area contributed by atoms with Crippen molar-refractivity contribution in [3.63, 3.8) is 0 Å². The van der Waals surface area contributed by atoms with E-state index in [2.05, 4.69) is 21.2 Å². The van der Waals surface area contributed by atoms with E-state index in [1.54, 1.807) is 12.3 Å². The Morgan fingerprint density at radius 1 is 1.38 bits per heavy atom. The molecule has 2 atom stereocenters. The largest absolute Gasteiger partial charge is 0.341 e. The monoisotopic (exact) mass is 353 g/mol. The standard InChI is InChI=1S/C15H20BrN3O2/c1-18(13-6-11-3-4-12(7-13)17-11)15(21)9-19-8-10(16)2-5-14(19)20/h2,5,8,11-13,17H,3-4,6-7,9H2,1H3. The van der Waals surface area contributed by atoms with E-state index in [1.807, 2.05) is 11.9 Å². The maximum atomic E-state index is 12.4. The van der Waals surface area contributed by atoms with E-state index >= 15 is 0 Å². The molecule has 1 aromatic heterocycles. The van der Waals surface area contributed by atoms with Crippen molar-refractivity contribution < 1.29 is 4.79 Å². The Bertz CT molecular complexity index is 589. The molecule has 0 aromatic carbocycles. The Morgan fingerprint density at radius 2 is 2.05 bits per heavy atom. The fourth-order valence-electron chi connectivity index (χ4n) is 3.43. The molecular formula is C15H20BrN3O2. The van der Waals surface area contributed by atoms with Crippen LogP contribution in [-0.2, 0) is 11.3 Å². The van der Waals surface area contributed by atoms with Crippen LogP contribution in [-0.4, -0.2) is 40.5 Å². The summed E-state index contributed by atoms with van der Waals surface area (Å²) in [5.41, 5.74) is -0.148. The summed E-state index contributed by atoms with van der Waals surface area (Å²) in [4.78, 5) is 26.1. The summed E-state index contributed by atoms with van der Waals surface area (Å²) in [6.45, 7) is 0.105. The van der Waals surface area contributed by atoms with Crippen molar-refractivity contribution in [2.45, 2.75) is 50.4 Å². The molecule has 2 fully saturated rings. The maximum Gasteiger partial charge on any atom is 0.251 e. The summed E-state index contributed by atoms with van der Waals surface area (Å²) in [5, 5.41) is 3.58. The Hall–Kier alpha value is -1.14. The number of likely N-dealkylation sites (N-methyl/N-ethyl adjacent to an activating group) is 1. The molecule has 3 rings (SSSR count). The average molecular weight is 354 g/mol. The van der Waals surface area contributed by atoms with Crippen molar-refractivity contribution in [3.8, 4) is 0 Å². The SMILES string of the molecule is CN(C(=O)Cn1cc(Br)ccc1=O)C1CC2CCC(C1)N2. The van der Waals surface area contributed by atoms with E-state index in [-0.39, 0.29) is 18.0 Å². The van der Waals surface area contributed by atoms with Crippen LogP contribution < -0.4 is 10.9 Å². The van der Waals surface area contributed by atoms with Crippen LogP contribution in [0.5, 0.6) is 0 Å². The molecule has 2 aliphatic heterocycles. The lowest BCUT2D eigenvalue weighted by atomic mass is 9.98. The van der Waals surface area contributed by atoms with Crippen LogP contribution in [0.1, 0.15) is 25.7 Å². The number of nitrogens with one attached hydrogen (secondary N) is 1. The first-order valence-corrected chi connectivity index (χ1v) is 8.20. The number of hydrogen-bond acceptors (Lipinski definition) is 3. The normalized spacial score (nSPS) is 27.6. The van der Waals surface area contributed by atoms with E-state index in [1.165, 1.54) is 23.5 Å². The van der Waals surface area contributed by atoms with Gasteiger partial charge in [0.25, 0.3) is 5.56 Å². The van der Waals surface area contributed by atoms with Crippen molar-refractivity contribution in [1.29, 1.82) is 0 Å². The first-order chi connectivity index (χ1) is 10.0. The third-order valence-electron chi connectivity index (χ3n) is 4.64. The summed E-state index contributed by atoms with van der Waals surface area (Å²) in [5.74, 6) is 0.00139. The Balaban J connectivity index is 1.67. The predicted molar refractivity (Wildman–Crippen MR) is 84.1 cm³/mol. The number of fused-ring (bicyclic) bond motifs is 2. The second-order valence-corrected chi connectivity index (χ2v) is 7.00. The molecule has 2 unspecified atom stereocenters. The van der Waals surface area contributed by atoms with Gasteiger partial charge >= 0.3 is 0 Å². The van der Waals surface area contributed by atoms with Gasteiger partial charge in [-0.05, 0) is 47.7 Å². The van der Waals surface area contributed by atoms with Gasteiger partial charge in [0.15, 0.2) is 0 Å². The maximum absolute atomic E-state index is 12.4. The minimum atomic E-state index is -0.148.